The van der Waals surface area contributed by atoms with Crippen molar-refractivity contribution in [1.82, 2.24) is 0 Å². The molecule has 12 heavy (non-hydrogen) atoms. The monoisotopic (exact) mass is 227 g/mol. The van der Waals surface area contributed by atoms with Crippen LogP contribution in [-0.2, 0) is 0 Å². The van der Waals surface area contributed by atoms with E-state index in [-0.39, 0.29) is 0 Å². The highest BCUT2D eigenvalue weighted by molar-refractivity contribution is 9.09. The lowest BCUT2D eigenvalue weighted by Crippen LogP contribution is -2.04. The maximum Gasteiger partial charge on any atom is 0.0975 e. The van der Waals surface area contributed by atoms with Gasteiger partial charge in [0.1, 0.15) is 0 Å². The van der Waals surface area contributed by atoms with Crippen LogP contribution in [0.4, 0.5) is 0 Å². The Morgan fingerprint density at radius 2 is 2.17 bits per heavy atom. The second-order valence-corrected chi connectivity index (χ2v) is 3.06. The molecule has 0 radical (unpaired) electrons. The first-order chi connectivity index (χ1) is 5.79. The van der Waals surface area contributed by atoms with Crippen molar-refractivity contribution in [2.45, 2.75) is 6.92 Å². The van der Waals surface area contributed by atoms with Gasteiger partial charge in [-0.05, 0) is 12.5 Å². The Morgan fingerprint density at radius 3 is 2.67 bits per heavy atom. The number of oxime groups is 1. The molecule has 64 valence electrons. The van der Waals surface area contributed by atoms with Gasteiger partial charge >= 0.3 is 0 Å². The summed E-state index contributed by atoms with van der Waals surface area (Å²) in [5.74, 6) is 0. The SMILES string of the molecule is Cc1ccccc1C(CBr)=NO. The molecule has 0 saturated carbocycles. The highest BCUT2D eigenvalue weighted by Crippen LogP contribution is 2.09. The van der Waals surface area contributed by atoms with Crippen LogP contribution in [0.2, 0.25) is 0 Å². The van der Waals surface area contributed by atoms with Crippen LogP contribution in [0.3, 0.4) is 0 Å². The number of alkyl halides is 1. The summed E-state index contributed by atoms with van der Waals surface area (Å²) in [5.41, 5.74) is 2.76. The van der Waals surface area contributed by atoms with E-state index in [4.69, 9.17) is 5.21 Å². The summed E-state index contributed by atoms with van der Waals surface area (Å²) in [4.78, 5) is 0. The van der Waals surface area contributed by atoms with Gasteiger partial charge in [-0.15, -0.1) is 0 Å². The molecule has 1 rings (SSSR count). The first kappa shape index (κ1) is 9.26. The highest BCUT2D eigenvalue weighted by atomic mass is 79.9. The predicted molar refractivity (Wildman–Crippen MR) is 53.3 cm³/mol. The quantitative estimate of drug-likeness (QED) is 0.359. The number of rotatable bonds is 2. The molecule has 0 aliphatic carbocycles. The van der Waals surface area contributed by atoms with Gasteiger partial charge in [-0.2, -0.15) is 0 Å². The average Bonchev–Trinajstić information content (AvgIpc) is 2.10. The Kier molecular flexibility index (Phi) is 3.29. The van der Waals surface area contributed by atoms with Crippen LogP contribution in [0.25, 0.3) is 0 Å². The molecule has 0 spiro atoms. The van der Waals surface area contributed by atoms with Gasteiger partial charge in [0, 0.05) is 10.9 Å². The van der Waals surface area contributed by atoms with Crippen LogP contribution >= 0.6 is 15.9 Å². The zero-order chi connectivity index (χ0) is 8.97. The van der Waals surface area contributed by atoms with Crippen molar-refractivity contribution in [3.8, 4) is 0 Å². The fourth-order valence-corrected chi connectivity index (χ4v) is 1.46. The normalized spacial score (nSPS) is 11.7. The second-order valence-electron chi connectivity index (χ2n) is 2.50. The third-order valence-corrected chi connectivity index (χ3v) is 2.23. The number of hydrogen-bond donors (Lipinski definition) is 1. The zero-order valence-electron chi connectivity index (χ0n) is 6.79. The molecule has 0 aliphatic heterocycles. The van der Waals surface area contributed by atoms with Crippen molar-refractivity contribution < 1.29 is 5.21 Å². The number of halogens is 1. The molecule has 1 N–H and O–H groups in total. The fraction of sp³-hybridized carbons (Fsp3) is 0.222. The molecule has 0 aliphatic rings. The smallest absolute Gasteiger partial charge is 0.0975 e. The molecule has 3 heteroatoms. The van der Waals surface area contributed by atoms with E-state index in [0.717, 1.165) is 11.1 Å². The molecule has 0 atom stereocenters. The lowest BCUT2D eigenvalue weighted by molar-refractivity contribution is 0.319. The number of aryl methyl sites for hydroxylation is 1. The van der Waals surface area contributed by atoms with Crippen LogP contribution in [0.1, 0.15) is 11.1 Å². The van der Waals surface area contributed by atoms with E-state index < -0.39 is 0 Å². The van der Waals surface area contributed by atoms with Gasteiger partial charge < -0.3 is 5.21 Å². The summed E-state index contributed by atoms with van der Waals surface area (Å²) in [6.07, 6.45) is 0. The predicted octanol–water partition coefficient (Wildman–Crippen LogP) is 2.57. The van der Waals surface area contributed by atoms with Crippen molar-refractivity contribution in [2.24, 2.45) is 5.16 Å². The molecule has 1 aromatic carbocycles. The van der Waals surface area contributed by atoms with E-state index in [0.29, 0.717) is 11.0 Å². The molecule has 0 heterocycles. The molecular weight excluding hydrogens is 218 g/mol. The van der Waals surface area contributed by atoms with Crippen molar-refractivity contribution in [3.63, 3.8) is 0 Å². The van der Waals surface area contributed by atoms with Crippen LogP contribution in [0, 0.1) is 6.92 Å². The fourth-order valence-electron chi connectivity index (χ4n) is 1.05. The first-order valence-electron chi connectivity index (χ1n) is 3.62. The summed E-state index contributed by atoms with van der Waals surface area (Å²) in [6, 6.07) is 7.81. The van der Waals surface area contributed by atoms with Gasteiger partial charge in [0.05, 0.1) is 5.71 Å². The lowest BCUT2D eigenvalue weighted by atomic mass is 10.1. The molecule has 0 unspecified atom stereocenters. The van der Waals surface area contributed by atoms with E-state index in [2.05, 4.69) is 21.1 Å². The summed E-state index contributed by atoms with van der Waals surface area (Å²) < 4.78 is 0. The van der Waals surface area contributed by atoms with Crippen molar-refractivity contribution in [1.29, 1.82) is 0 Å². The van der Waals surface area contributed by atoms with Crippen molar-refractivity contribution in [3.05, 3.63) is 35.4 Å². The molecule has 0 amide bonds. The van der Waals surface area contributed by atoms with Crippen LogP contribution in [0.5, 0.6) is 0 Å². The van der Waals surface area contributed by atoms with Gasteiger partial charge in [-0.25, -0.2) is 0 Å². The largest absolute Gasteiger partial charge is 0.411 e. The second kappa shape index (κ2) is 4.26. The van der Waals surface area contributed by atoms with Crippen LogP contribution in [-0.4, -0.2) is 16.2 Å². The standard InChI is InChI=1S/C9H10BrNO/c1-7-4-2-3-5-8(7)9(6-10)11-12/h2-5,12H,6H2,1H3. The van der Waals surface area contributed by atoms with Crippen LogP contribution in [0.15, 0.2) is 29.4 Å². The van der Waals surface area contributed by atoms with Gasteiger partial charge in [-0.1, -0.05) is 45.4 Å². The Bertz CT molecular complexity index is 296. The highest BCUT2D eigenvalue weighted by Gasteiger charge is 2.03. The number of benzene rings is 1. The summed E-state index contributed by atoms with van der Waals surface area (Å²) >= 11 is 3.26. The molecule has 0 fully saturated rings. The first-order valence-corrected chi connectivity index (χ1v) is 4.74. The Hall–Kier alpha value is -0.830. The zero-order valence-corrected chi connectivity index (χ0v) is 8.37. The average molecular weight is 228 g/mol. The maximum atomic E-state index is 8.66. The van der Waals surface area contributed by atoms with Crippen LogP contribution < -0.4 is 0 Å². The van der Waals surface area contributed by atoms with E-state index in [1.54, 1.807) is 0 Å². The van der Waals surface area contributed by atoms with Gasteiger partial charge in [0.2, 0.25) is 0 Å². The Morgan fingerprint density at radius 1 is 1.50 bits per heavy atom. The van der Waals surface area contributed by atoms with Gasteiger partial charge in [0.15, 0.2) is 0 Å². The molecule has 0 saturated heterocycles. The van der Waals surface area contributed by atoms with Gasteiger partial charge in [-0.3, -0.25) is 0 Å². The maximum absolute atomic E-state index is 8.66. The van der Waals surface area contributed by atoms with E-state index in [1.165, 1.54) is 0 Å². The Balaban J connectivity index is 3.10. The van der Waals surface area contributed by atoms with E-state index >= 15 is 0 Å². The molecular formula is C9H10BrNO. The van der Waals surface area contributed by atoms with E-state index in [9.17, 15) is 0 Å². The van der Waals surface area contributed by atoms with E-state index in [1.807, 2.05) is 31.2 Å². The minimum absolute atomic E-state index is 0.564. The summed E-state index contributed by atoms with van der Waals surface area (Å²) in [6.45, 7) is 1.99. The Labute approximate surface area is 80.0 Å². The van der Waals surface area contributed by atoms with Crippen molar-refractivity contribution in [2.75, 3.05) is 5.33 Å². The lowest BCUT2D eigenvalue weighted by Gasteiger charge is -2.03. The number of hydrogen-bond acceptors (Lipinski definition) is 2. The molecule has 1 aromatic rings. The minimum Gasteiger partial charge on any atom is -0.411 e. The van der Waals surface area contributed by atoms with Crippen molar-refractivity contribution >= 4 is 21.6 Å². The topological polar surface area (TPSA) is 32.6 Å². The number of nitrogens with zero attached hydrogens (tertiary/aromatic N) is 1. The third kappa shape index (κ3) is 1.85. The van der Waals surface area contributed by atoms with Gasteiger partial charge in [0.25, 0.3) is 0 Å². The summed E-state index contributed by atoms with van der Waals surface area (Å²) in [7, 11) is 0. The molecule has 0 aromatic heterocycles. The third-order valence-electron chi connectivity index (χ3n) is 1.70. The molecule has 2 nitrogen and oxygen atoms in total. The minimum atomic E-state index is 0.564. The molecule has 0 bridgehead atoms. The summed E-state index contributed by atoms with van der Waals surface area (Å²) in [5, 5.41) is 12.4.